The van der Waals surface area contributed by atoms with E-state index >= 15 is 0 Å². The van der Waals surface area contributed by atoms with Gasteiger partial charge in [0.1, 0.15) is 5.60 Å². The van der Waals surface area contributed by atoms with Crippen molar-refractivity contribution in [3.63, 3.8) is 0 Å². The van der Waals surface area contributed by atoms with E-state index in [0.29, 0.717) is 42.1 Å². The summed E-state index contributed by atoms with van der Waals surface area (Å²) in [4.78, 5) is 24.5. The van der Waals surface area contributed by atoms with Crippen molar-refractivity contribution < 1.29 is 23.8 Å². The molecule has 0 aliphatic heterocycles. The van der Waals surface area contributed by atoms with E-state index in [0.717, 1.165) is 25.7 Å². The Morgan fingerprint density at radius 3 is 2.52 bits per heavy atom. The van der Waals surface area contributed by atoms with Crippen molar-refractivity contribution in [3.8, 4) is 0 Å². The molecular formula is C22H32O5. The lowest BCUT2D eigenvalue weighted by Gasteiger charge is -2.38. The van der Waals surface area contributed by atoms with Crippen molar-refractivity contribution in [2.24, 2.45) is 41.4 Å². The predicted octanol–water partition coefficient (Wildman–Crippen LogP) is 3.72. The average molecular weight is 376 g/mol. The van der Waals surface area contributed by atoms with Crippen LogP contribution in [-0.4, -0.2) is 30.4 Å². The lowest BCUT2D eigenvalue weighted by molar-refractivity contribution is -0.181. The topological polar surface area (TPSA) is 61.8 Å². The van der Waals surface area contributed by atoms with E-state index in [2.05, 4.69) is 13.5 Å². The van der Waals surface area contributed by atoms with E-state index in [4.69, 9.17) is 14.2 Å². The van der Waals surface area contributed by atoms with Crippen LogP contribution >= 0.6 is 0 Å². The van der Waals surface area contributed by atoms with Gasteiger partial charge in [0.2, 0.25) is 0 Å². The van der Waals surface area contributed by atoms with Crippen LogP contribution in [-0.2, 0) is 23.8 Å². The molecule has 0 spiro atoms. The maximum absolute atomic E-state index is 12.7. The molecule has 5 heteroatoms. The summed E-state index contributed by atoms with van der Waals surface area (Å²) >= 11 is 0. The maximum atomic E-state index is 12.7. The van der Waals surface area contributed by atoms with E-state index in [1.165, 1.54) is 12.5 Å². The zero-order chi connectivity index (χ0) is 19.3. The highest BCUT2D eigenvalue weighted by atomic mass is 16.7. The van der Waals surface area contributed by atoms with Crippen LogP contribution in [0.5, 0.6) is 0 Å². The quantitative estimate of drug-likeness (QED) is 0.306. The summed E-state index contributed by atoms with van der Waals surface area (Å²) in [6.45, 7) is 9.85. The molecule has 9 unspecified atom stereocenters. The minimum atomic E-state index is -0.471. The molecule has 4 rings (SSSR count). The smallest absolute Gasteiger partial charge is 0.330 e. The van der Waals surface area contributed by atoms with Crippen molar-refractivity contribution in [2.75, 3.05) is 6.61 Å². The molecule has 0 saturated heterocycles. The molecular weight excluding hydrogens is 344 g/mol. The molecule has 4 saturated carbocycles. The molecule has 4 aliphatic rings. The van der Waals surface area contributed by atoms with Crippen LogP contribution in [0.25, 0.3) is 0 Å². The summed E-state index contributed by atoms with van der Waals surface area (Å²) in [6.07, 6.45) is 5.99. The Kier molecular flexibility index (Phi) is 4.86. The van der Waals surface area contributed by atoms with Gasteiger partial charge in [-0.2, -0.15) is 0 Å². The highest BCUT2D eigenvalue weighted by Crippen LogP contribution is 2.68. The molecule has 0 aromatic heterocycles. The van der Waals surface area contributed by atoms with Gasteiger partial charge in [0, 0.05) is 12.7 Å². The molecule has 0 amide bonds. The molecule has 5 nitrogen and oxygen atoms in total. The van der Waals surface area contributed by atoms with Gasteiger partial charge in [0.25, 0.3) is 0 Å². The Labute approximate surface area is 161 Å². The van der Waals surface area contributed by atoms with Crippen molar-refractivity contribution >= 4 is 11.9 Å². The third kappa shape index (κ3) is 3.22. The number of ether oxygens (including phenoxy) is 3. The second kappa shape index (κ2) is 6.91. The molecule has 0 N–H and O–H groups in total. The normalized spacial score (nSPS) is 45.2. The number of carbonyl (C=O) groups is 2. The molecule has 0 heterocycles. The van der Waals surface area contributed by atoms with Crippen LogP contribution in [0.2, 0.25) is 0 Å². The Bertz CT molecular complexity index is 630. The predicted molar refractivity (Wildman–Crippen MR) is 99.4 cm³/mol. The minimum Gasteiger partial charge on any atom is -0.456 e. The average Bonchev–Trinajstić information content (AvgIpc) is 3.26. The van der Waals surface area contributed by atoms with Crippen LogP contribution in [0.15, 0.2) is 12.7 Å². The number of hydrogen-bond donors (Lipinski definition) is 0. The van der Waals surface area contributed by atoms with Gasteiger partial charge < -0.3 is 14.2 Å². The summed E-state index contributed by atoms with van der Waals surface area (Å²) in [6, 6.07) is 0. The Morgan fingerprint density at radius 1 is 1.15 bits per heavy atom. The molecule has 4 bridgehead atoms. The second-order valence-corrected chi connectivity index (χ2v) is 9.36. The standard InChI is InChI=1S/C22H32O5/c1-5-18(23)27-22(4)10-14-7-15(11-22)20-16-8-13(19(14)20)9-17(16)21(24)26-12(3)25-6-2/h5,12-17,19-20H,1,6-11H2,2-4H3. The number of esters is 2. The van der Waals surface area contributed by atoms with E-state index in [1.54, 1.807) is 6.92 Å². The van der Waals surface area contributed by atoms with Gasteiger partial charge in [-0.3, -0.25) is 4.79 Å². The molecule has 0 aromatic rings. The highest BCUT2D eigenvalue weighted by Gasteiger charge is 2.65. The van der Waals surface area contributed by atoms with E-state index in [-0.39, 0.29) is 23.5 Å². The molecule has 4 fully saturated rings. The zero-order valence-electron chi connectivity index (χ0n) is 16.7. The minimum absolute atomic E-state index is 0.0143. The van der Waals surface area contributed by atoms with Gasteiger partial charge in [-0.1, -0.05) is 6.58 Å². The van der Waals surface area contributed by atoms with E-state index < -0.39 is 6.29 Å². The first-order valence-corrected chi connectivity index (χ1v) is 10.5. The Morgan fingerprint density at radius 2 is 1.85 bits per heavy atom. The third-order valence-electron chi connectivity index (χ3n) is 7.71. The first kappa shape index (κ1) is 19.0. The van der Waals surface area contributed by atoms with E-state index in [1.807, 2.05) is 6.92 Å². The summed E-state index contributed by atoms with van der Waals surface area (Å²) in [5, 5.41) is 0. The molecule has 0 radical (unpaired) electrons. The number of fused-ring (bicyclic) bond motifs is 9. The molecule has 0 aromatic carbocycles. The summed E-state index contributed by atoms with van der Waals surface area (Å²) in [5.74, 6) is 3.09. The van der Waals surface area contributed by atoms with Gasteiger partial charge in [0.05, 0.1) is 5.92 Å². The van der Waals surface area contributed by atoms with Crippen LogP contribution in [0.1, 0.15) is 52.9 Å². The van der Waals surface area contributed by atoms with Crippen LogP contribution < -0.4 is 0 Å². The van der Waals surface area contributed by atoms with Gasteiger partial charge in [-0.25, -0.2) is 4.79 Å². The van der Waals surface area contributed by atoms with Crippen molar-refractivity contribution in [3.05, 3.63) is 12.7 Å². The monoisotopic (exact) mass is 376 g/mol. The molecule has 9 atom stereocenters. The molecule has 4 aliphatic carbocycles. The largest absolute Gasteiger partial charge is 0.456 e. The van der Waals surface area contributed by atoms with E-state index in [9.17, 15) is 9.59 Å². The van der Waals surface area contributed by atoms with Crippen molar-refractivity contribution in [1.29, 1.82) is 0 Å². The first-order chi connectivity index (χ1) is 12.8. The Balaban J connectivity index is 1.46. The maximum Gasteiger partial charge on any atom is 0.330 e. The Hall–Kier alpha value is -1.36. The third-order valence-corrected chi connectivity index (χ3v) is 7.71. The lowest BCUT2D eigenvalue weighted by atomic mass is 9.71. The van der Waals surface area contributed by atoms with Gasteiger partial charge in [-0.15, -0.1) is 0 Å². The fraction of sp³-hybridized carbons (Fsp3) is 0.818. The zero-order valence-corrected chi connectivity index (χ0v) is 16.7. The van der Waals surface area contributed by atoms with Gasteiger partial charge >= 0.3 is 11.9 Å². The number of hydrogen-bond acceptors (Lipinski definition) is 5. The second-order valence-electron chi connectivity index (χ2n) is 9.36. The lowest BCUT2D eigenvalue weighted by Crippen LogP contribution is -2.39. The van der Waals surface area contributed by atoms with Crippen LogP contribution in [0.4, 0.5) is 0 Å². The van der Waals surface area contributed by atoms with Gasteiger partial charge in [-0.05, 0) is 88.4 Å². The molecule has 27 heavy (non-hydrogen) atoms. The SMILES string of the molecule is C=CC(=O)OC1(C)CC2CC(C1)C1C3CC(CC3C(=O)OC(C)OCC)C21. The first-order valence-electron chi connectivity index (χ1n) is 10.5. The fourth-order valence-corrected chi connectivity index (χ4v) is 7.31. The summed E-state index contributed by atoms with van der Waals surface area (Å²) < 4.78 is 16.7. The molecule has 150 valence electrons. The van der Waals surface area contributed by atoms with Crippen molar-refractivity contribution in [1.82, 2.24) is 0 Å². The van der Waals surface area contributed by atoms with Crippen LogP contribution in [0.3, 0.4) is 0 Å². The highest BCUT2D eigenvalue weighted by molar-refractivity contribution is 5.81. The summed E-state index contributed by atoms with van der Waals surface area (Å²) in [7, 11) is 0. The number of rotatable bonds is 6. The fourth-order valence-electron chi connectivity index (χ4n) is 7.31. The van der Waals surface area contributed by atoms with Crippen LogP contribution in [0, 0.1) is 41.4 Å². The van der Waals surface area contributed by atoms with Crippen molar-refractivity contribution in [2.45, 2.75) is 64.8 Å². The van der Waals surface area contributed by atoms with Gasteiger partial charge in [0.15, 0.2) is 6.29 Å². The number of carbonyl (C=O) groups excluding carboxylic acids is 2. The summed E-state index contributed by atoms with van der Waals surface area (Å²) in [5.41, 5.74) is -0.387.